The second kappa shape index (κ2) is 6.02. The summed E-state index contributed by atoms with van der Waals surface area (Å²) in [6.07, 6.45) is 3.37. The van der Waals surface area contributed by atoms with Crippen molar-refractivity contribution in [2.45, 2.75) is 17.5 Å². The van der Waals surface area contributed by atoms with Crippen molar-refractivity contribution in [1.29, 1.82) is 0 Å². The van der Waals surface area contributed by atoms with Crippen LogP contribution in [0.3, 0.4) is 0 Å². The molecule has 0 aliphatic carbocycles. The van der Waals surface area contributed by atoms with Gasteiger partial charge in [0.2, 0.25) is 0 Å². The number of halogens is 2. The van der Waals surface area contributed by atoms with Crippen molar-refractivity contribution in [2.75, 3.05) is 0 Å². The van der Waals surface area contributed by atoms with E-state index in [2.05, 4.69) is 16.8 Å². The molecule has 1 aromatic carbocycles. The molecule has 0 fully saturated rings. The quantitative estimate of drug-likeness (QED) is 0.621. The Morgan fingerprint density at radius 1 is 1.50 bits per heavy atom. The average Bonchev–Trinajstić information content (AvgIpc) is 2.77. The van der Waals surface area contributed by atoms with E-state index in [-0.39, 0.29) is 5.82 Å². The molecule has 0 N–H and O–H groups in total. The van der Waals surface area contributed by atoms with Crippen LogP contribution in [0.4, 0.5) is 4.39 Å². The first kappa shape index (κ1) is 13.1. The molecule has 0 unspecified atom stereocenters. The summed E-state index contributed by atoms with van der Waals surface area (Å²) in [4.78, 5) is 0. The van der Waals surface area contributed by atoms with Gasteiger partial charge in [-0.3, -0.25) is 0 Å². The molecular weight excluding hydrogens is 273 g/mol. The van der Waals surface area contributed by atoms with Crippen molar-refractivity contribution in [1.82, 2.24) is 14.8 Å². The van der Waals surface area contributed by atoms with Gasteiger partial charge < -0.3 is 4.57 Å². The molecule has 18 heavy (non-hydrogen) atoms. The largest absolute Gasteiger partial charge is 0.305 e. The maximum absolute atomic E-state index is 13.6. The lowest BCUT2D eigenvalue weighted by molar-refractivity contribution is 0.617. The molecule has 94 valence electrons. The van der Waals surface area contributed by atoms with Crippen molar-refractivity contribution >= 4 is 23.4 Å². The maximum Gasteiger partial charge on any atom is 0.191 e. The van der Waals surface area contributed by atoms with Gasteiger partial charge in [0.1, 0.15) is 12.1 Å². The molecule has 0 aliphatic heterocycles. The van der Waals surface area contributed by atoms with E-state index >= 15 is 0 Å². The highest BCUT2D eigenvalue weighted by Gasteiger charge is 2.10. The predicted molar refractivity (Wildman–Crippen MR) is 71.2 cm³/mol. The third-order valence-electron chi connectivity index (χ3n) is 2.31. The molecule has 0 amide bonds. The molecule has 0 atom stereocenters. The number of rotatable bonds is 5. The number of allylic oxidation sites excluding steroid dienone is 1. The Labute approximate surface area is 114 Å². The van der Waals surface area contributed by atoms with Gasteiger partial charge >= 0.3 is 0 Å². The normalized spacial score (nSPS) is 10.6. The summed E-state index contributed by atoms with van der Waals surface area (Å²) in [6.45, 7) is 4.28. The average molecular weight is 284 g/mol. The van der Waals surface area contributed by atoms with Gasteiger partial charge in [0.15, 0.2) is 5.16 Å². The zero-order valence-electron chi connectivity index (χ0n) is 9.51. The molecule has 0 bridgehead atoms. The molecule has 0 radical (unpaired) electrons. The number of hydrogen-bond acceptors (Lipinski definition) is 3. The van der Waals surface area contributed by atoms with Gasteiger partial charge in [0.25, 0.3) is 0 Å². The molecule has 3 nitrogen and oxygen atoms in total. The Bertz CT molecular complexity index is 536. The Morgan fingerprint density at radius 3 is 3.06 bits per heavy atom. The third-order valence-corrected chi connectivity index (χ3v) is 3.67. The first-order chi connectivity index (χ1) is 8.72. The van der Waals surface area contributed by atoms with Crippen LogP contribution in [0.2, 0.25) is 5.02 Å². The maximum atomic E-state index is 13.6. The van der Waals surface area contributed by atoms with E-state index in [1.54, 1.807) is 24.5 Å². The molecule has 0 saturated heterocycles. The topological polar surface area (TPSA) is 30.7 Å². The van der Waals surface area contributed by atoms with Gasteiger partial charge in [0.05, 0.1) is 0 Å². The SMILES string of the molecule is C=CCn1cnnc1SCc1c(F)cccc1Cl. The second-order valence-electron chi connectivity index (χ2n) is 3.54. The minimum absolute atomic E-state index is 0.301. The molecule has 0 saturated carbocycles. The monoisotopic (exact) mass is 283 g/mol. The summed E-state index contributed by atoms with van der Waals surface area (Å²) in [5, 5.41) is 8.93. The van der Waals surface area contributed by atoms with Crippen LogP contribution in [0.15, 0.2) is 42.3 Å². The smallest absolute Gasteiger partial charge is 0.191 e. The Morgan fingerprint density at radius 2 is 2.33 bits per heavy atom. The molecular formula is C12H11ClFN3S. The van der Waals surface area contributed by atoms with Crippen LogP contribution in [-0.4, -0.2) is 14.8 Å². The Hall–Kier alpha value is -1.33. The molecule has 0 aliphatic rings. The lowest BCUT2D eigenvalue weighted by Gasteiger charge is -2.06. The number of aromatic nitrogens is 3. The molecule has 2 rings (SSSR count). The van der Waals surface area contributed by atoms with Crippen molar-refractivity contribution in [3.05, 3.63) is 53.6 Å². The lowest BCUT2D eigenvalue weighted by atomic mass is 10.2. The van der Waals surface area contributed by atoms with Gasteiger partial charge in [-0.2, -0.15) is 0 Å². The van der Waals surface area contributed by atoms with E-state index in [0.717, 1.165) is 0 Å². The van der Waals surface area contributed by atoms with Gasteiger partial charge in [0, 0.05) is 22.9 Å². The summed E-state index contributed by atoms with van der Waals surface area (Å²) >= 11 is 7.35. The fourth-order valence-corrected chi connectivity index (χ4v) is 2.70. The first-order valence-electron chi connectivity index (χ1n) is 5.26. The van der Waals surface area contributed by atoms with Gasteiger partial charge in [-0.15, -0.1) is 16.8 Å². The zero-order valence-corrected chi connectivity index (χ0v) is 11.1. The van der Waals surface area contributed by atoms with Crippen molar-refractivity contribution in [3.63, 3.8) is 0 Å². The molecule has 6 heteroatoms. The fourth-order valence-electron chi connectivity index (χ4n) is 1.43. The van der Waals surface area contributed by atoms with Crippen LogP contribution in [0, 0.1) is 5.82 Å². The molecule has 1 aromatic heterocycles. The minimum Gasteiger partial charge on any atom is -0.305 e. The van der Waals surface area contributed by atoms with Crippen LogP contribution in [-0.2, 0) is 12.3 Å². The van der Waals surface area contributed by atoms with Gasteiger partial charge in [-0.25, -0.2) is 4.39 Å². The van der Waals surface area contributed by atoms with Crippen LogP contribution in [0.5, 0.6) is 0 Å². The number of hydrogen-bond donors (Lipinski definition) is 0. The van der Waals surface area contributed by atoms with Gasteiger partial charge in [-0.05, 0) is 12.1 Å². The van der Waals surface area contributed by atoms with Crippen LogP contribution >= 0.6 is 23.4 Å². The van der Waals surface area contributed by atoms with Crippen molar-refractivity contribution in [3.8, 4) is 0 Å². The standard InChI is InChI=1S/C12H11ClFN3S/c1-2-6-17-8-15-16-12(17)18-7-9-10(13)4-3-5-11(9)14/h2-5,8H,1,6-7H2. The predicted octanol–water partition coefficient (Wildman–Crippen LogP) is 3.55. The summed E-state index contributed by atoms with van der Waals surface area (Å²) in [5.74, 6) is 0.117. The fraction of sp³-hybridized carbons (Fsp3) is 0.167. The highest BCUT2D eigenvalue weighted by Crippen LogP contribution is 2.27. The number of nitrogens with zero attached hydrogens (tertiary/aromatic N) is 3. The Kier molecular flexibility index (Phi) is 4.38. The van der Waals surface area contributed by atoms with Crippen LogP contribution in [0.25, 0.3) is 0 Å². The van der Waals surface area contributed by atoms with E-state index in [9.17, 15) is 4.39 Å². The van der Waals surface area contributed by atoms with E-state index in [1.807, 2.05) is 4.57 Å². The Balaban J connectivity index is 2.11. The number of thioether (sulfide) groups is 1. The van der Waals surface area contributed by atoms with E-state index in [0.29, 0.717) is 28.0 Å². The lowest BCUT2D eigenvalue weighted by Crippen LogP contribution is -1.96. The van der Waals surface area contributed by atoms with E-state index in [1.165, 1.54) is 17.8 Å². The van der Waals surface area contributed by atoms with Crippen molar-refractivity contribution < 1.29 is 4.39 Å². The third kappa shape index (κ3) is 2.91. The summed E-state index contributed by atoms with van der Waals surface area (Å²) in [6, 6.07) is 4.66. The first-order valence-corrected chi connectivity index (χ1v) is 6.63. The summed E-state index contributed by atoms with van der Waals surface area (Å²) in [7, 11) is 0. The highest BCUT2D eigenvalue weighted by molar-refractivity contribution is 7.98. The van der Waals surface area contributed by atoms with Crippen LogP contribution < -0.4 is 0 Å². The second-order valence-corrected chi connectivity index (χ2v) is 4.89. The molecule has 2 aromatic rings. The van der Waals surface area contributed by atoms with Crippen LogP contribution in [0.1, 0.15) is 5.56 Å². The van der Waals surface area contributed by atoms with Crippen molar-refractivity contribution in [2.24, 2.45) is 0 Å². The zero-order chi connectivity index (χ0) is 13.0. The van der Waals surface area contributed by atoms with Gasteiger partial charge in [-0.1, -0.05) is 35.5 Å². The number of benzene rings is 1. The highest BCUT2D eigenvalue weighted by atomic mass is 35.5. The summed E-state index contributed by atoms with van der Waals surface area (Å²) < 4.78 is 15.4. The van der Waals surface area contributed by atoms with E-state index < -0.39 is 0 Å². The van der Waals surface area contributed by atoms with E-state index in [4.69, 9.17) is 11.6 Å². The molecule has 1 heterocycles. The summed E-state index contributed by atoms with van der Waals surface area (Å²) in [5.41, 5.74) is 0.484. The minimum atomic E-state index is -0.301. The molecule has 0 spiro atoms.